The van der Waals surface area contributed by atoms with Crippen molar-refractivity contribution in [2.45, 2.75) is 13.5 Å². The number of esters is 1. The normalized spacial score (nSPS) is 10.2. The van der Waals surface area contributed by atoms with E-state index in [1.54, 1.807) is 25.4 Å². The number of carbonyl (C=O) groups is 3. The lowest BCUT2D eigenvalue weighted by Crippen LogP contribution is -2.41. The van der Waals surface area contributed by atoms with Crippen LogP contribution in [0.5, 0.6) is 0 Å². The number of hydrogen-bond donors (Lipinski definition) is 2. The molecule has 1 aromatic carbocycles. The fourth-order valence-electron chi connectivity index (χ4n) is 2.27. The minimum Gasteiger partial charge on any atom is -0.451 e. The van der Waals surface area contributed by atoms with Crippen molar-refractivity contribution in [1.29, 1.82) is 0 Å². The first-order valence-corrected chi connectivity index (χ1v) is 9.38. The minimum atomic E-state index is -0.738. The molecule has 9 nitrogen and oxygen atoms in total. The first kappa shape index (κ1) is 20.1. The zero-order valence-electron chi connectivity index (χ0n) is 15.4. The summed E-state index contributed by atoms with van der Waals surface area (Å²) in [5.41, 5.74) is 1.34. The number of benzene rings is 1. The van der Waals surface area contributed by atoms with Crippen molar-refractivity contribution in [3.8, 4) is 10.8 Å². The zero-order chi connectivity index (χ0) is 20.6. The van der Waals surface area contributed by atoms with E-state index in [1.807, 2.05) is 30.3 Å². The Hall–Kier alpha value is -3.66. The van der Waals surface area contributed by atoms with E-state index in [2.05, 4.69) is 25.6 Å². The predicted octanol–water partition coefficient (Wildman–Crippen LogP) is 2.09. The van der Waals surface area contributed by atoms with Crippen molar-refractivity contribution >= 4 is 29.2 Å². The van der Waals surface area contributed by atoms with Crippen LogP contribution in [-0.4, -0.2) is 39.5 Å². The number of nitrogens with one attached hydrogen (secondary N) is 2. The number of hydrogen-bond acceptors (Lipinski definition) is 8. The van der Waals surface area contributed by atoms with Crippen LogP contribution in [0.1, 0.15) is 20.9 Å². The van der Waals surface area contributed by atoms with E-state index in [-0.39, 0.29) is 11.4 Å². The van der Waals surface area contributed by atoms with Crippen molar-refractivity contribution in [3.05, 3.63) is 64.9 Å². The summed E-state index contributed by atoms with van der Waals surface area (Å²) >= 11 is 1.07. The van der Waals surface area contributed by atoms with Gasteiger partial charge in [-0.1, -0.05) is 30.3 Å². The Kier molecular flexibility index (Phi) is 6.59. The van der Waals surface area contributed by atoms with Crippen LogP contribution in [0.3, 0.4) is 0 Å². The summed E-state index contributed by atoms with van der Waals surface area (Å²) in [4.78, 5) is 48.5. The molecule has 3 amide bonds. The molecule has 0 fully saturated rings. The number of ether oxygens (including phenoxy) is 1. The summed E-state index contributed by atoms with van der Waals surface area (Å²) in [5, 5.41) is 5.12. The van der Waals surface area contributed by atoms with Gasteiger partial charge in [-0.3, -0.25) is 10.1 Å². The molecule has 0 aliphatic heterocycles. The Labute approximate surface area is 170 Å². The number of imide groups is 1. The average molecular weight is 411 g/mol. The number of urea groups is 1. The topological polar surface area (TPSA) is 123 Å². The second-order valence-corrected chi connectivity index (χ2v) is 6.80. The molecule has 3 aromatic rings. The zero-order valence-corrected chi connectivity index (χ0v) is 16.2. The Morgan fingerprint density at radius 2 is 1.79 bits per heavy atom. The van der Waals surface area contributed by atoms with Crippen LogP contribution >= 0.6 is 11.3 Å². The fraction of sp³-hybridized carbons (Fsp3) is 0.158. The van der Waals surface area contributed by atoms with Gasteiger partial charge in [-0.25, -0.2) is 24.5 Å². The lowest BCUT2D eigenvalue weighted by Gasteiger charge is -2.07. The summed E-state index contributed by atoms with van der Waals surface area (Å²) in [6.45, 7) is 1.33. The van der Waals surface area contributed by atoms with Gasteiger partial charge >= 0.3 is 12.0 Å². The Bertz CT molecular complexity index is 1010. The van der Waals surface area contributed by atoms with E-state index in [0.717, 1.165) is 16.9 Å². The molecule has 148 valence electrons. The van der Waals surface area contributed by atoms with Crippen molar-refractivity contribution in [1.82, 2.24) is 25.6 Å². The van der Waals surface area contributed by atoms with Gasteiger partial charge in [0.1, 0.15) is 4.88 Å². The van der Waals surface area contributed by atoms with Crippen LogP contribution in [-0.2, 0) is 16.1 Å². The van der Waals surface area contributed by atoms with Gasteiger partial charge in [-0.15, -0.1) is 11.3 Å². The molecular weight excluding hydrogens is 394 g/mol. The Balaban J connectivity index is 1.48. The van der Waals surface area contributed by atoms with Crippen LogP contribution in [0.15, 0.2) is 48.8 Å². The van der Waals surface area contributed by atoms with Gasteiger partial charge in [0.15, 0.2) is 17.4 Å². The maximum Gasteiger partial charge on any atom is 0.350 e. The van der Waals surface area contributed by atoms with Gasteiger partial charge < -0.3 is 10.1 Å². The van der Waals surface area contributed by atoms with Crippen molar-refractivity contribution < 1.29 is 19.1 Å². The van der Waals surface area contributed by atoms with E-state index < -0.39 is 24.5 Å². The number of nitrogens with zero attached hydrogens (tertiary/aromatic N) is 3. The third-order valence-electron chi connectivity index (χ3n) is 3.62. The Morgan fingerprint density at radius 1 is 1.07 bits per heavy atom. The highest BCUT2D eigenvalue weighted by Gasteiger charge is 2.20. The van der Waals surface area contributed by atoms with Gasteiger partial charge in [0.25, 0.3) is 5.91 Å². The molecule has 3 rings (SSSR count). The number of thiazole rings is 1. The van der Waals surface area contributed by atoms with Gasteiger partial charge in [-0.2, -0.15) is 0 Å². The lowest BCUT2D eigenvalue weighted by atomic mass is 10.2. The highest BCUT2D eigenvalue weighted by atomic mass is 32.1. The van der Waals surface area contributed by atoms with E-state index in [9.17, 15) is 14.4 Å². The van der Waals surface area contributed by atoms with Crippen LogP contribution in [0.25, 0.3) is 10.8 Å². The molecule has 0 unspecified atom stereocenters. The molecule has 0 bridgehead atoms. The molecule has 2 heterocycles. The summed E-state index contributed by atoms with van der Waals surface area (Å²) in [6.07, 6.45) is 3.15. The lowest BCUT2D eigenvalue weighted by molar-refractivity contribution is -0.123. The molecule has 0 aliphatic rings. The first-order valence-electron chi connectivity index (χ1n) is 8.56. The fourth-order valence-corrected chi connectivity index (χ4v) is 3.18. The van der Waals surface area contributed by atoms with E-state index in [4.69, 9.17) is 4.74 Å². The molecule has 0 aliphatic carbocycles. The number of aryl methyl sites for hydroxylation is 1. The smallest absolute Gasteiger partial charge is 0.350 e. The molecule has 0 spiro atoms. The van der Waals surface area contributed by atoms with Gasteiger partial charge in [0.2, 0.25) is 0 Å². The van der Waals surface area contributed by atoms with E-state index >= 15 is 0 Å². The average Bonchev–Trinajstić information content (AvgIpc) is 3.14. The van der Waals surface area contributed by atoms with E-state index in [1.165, 1.54) is 0 Å². The second-order valence-electron chi connectivity index (χ2n) is 5.80. The van der Waals surface area contributed by atoms with Crippen molar-refractivity contribution in [2.24, 2.45) is 0 Å². The molecule has 2 N–H and O–H groups in total. The molecular formula is C19H17N5O4S. The highest BCUT2D eigenvalue weighted by molar-refractivity contribution is 7.16. The van der Waals surface area contributed by atoms with Crippen LogP contribution in [0, 0.1) is 6.92 Å². The number of aromatic nitrogens is 3. The van der Waals surface area contributed by atoms with Crippen molar-refractivity contribution in [2.75, 3.05) is 6.61 Å². The second kappa shape index (κ2) is 9.51. The monoisotopic (exact) mass is 411 g/mol. The third kappa shape index (κ3) is 5.66. The molecule has 2 aromatic heterocycles. The highest BCUT2D eigenvalue weighted by Crippen LogP contribution is 2.25. The van der Waals surface area contributed by atoms with Gasteiger partial charge in [0, 0.05) is 18.9 Å². The van der Waals surface area contributed by atoms with Crippen LogP contribution in [0.2, 0.25) is 0 Å². The van der Waals surface area contributed by atoms with Crippen molar-refractivity contribution in [3.63, 3.8) is 0 Å². The number of amides is 3. The molecule has 0 saturated heterocycles. The van der Waals surface area contributed by atoms with Crippen LogP contribution in [0.4, 0.5) is 4.79 Å². The maximum absolute atomic E-state index is 12.2. The molecule has 29 heavy (non-hydrogen) atoms. The molecule has 0 radical (unpaired) electrons. The number of carbonyl (C=O) groups excluding carboxylic acids is 3. The predicted molar refractivity (Wildman–Crippen MR) is 105 cm³/mol. The standard InChI is InChI=1S/C19H17N5O4S/c1-12-15(29-17(23-12)16-20-8-5-9-21-16)18(26)28-11-14(25)24-19(27)22-10-13-6-3-2-4-7-13/h2-9H,10-11H2,1H3,(H2,22,24,25,27). The quantitative estimate of drug-likeness (QED) is 0.595. The van der Waals surface area contributed by atoms with Crippen LogP contribution < -0.4 is 10.6 Å². The Morgan fingerprint density at radius 3 is 2.52 bits per heavy atom. The SMILES string of the molecule is Cc1nc(-c2ncccn2)sc1C(=O)OCC(=O)NC(=O)NCc1ccccc1. The molecule has 0 saturated carbocycles. The minimum absolute atomic E-state index is 0.244. The summed E-state index contributed by atoms with van der Waals surface area (Å²) in [6, 6.07) is 10.2. The van der Waals surface area contributed by atoms with E-state index in [0.29, 0.717) is 16.5 Å². The molecule has 0 atom stereocenters. The van der Waals surface area contributed by atoms with Gasteiger partial charge in [0.05, 0.1) is 5.69 Å². The molecule has 10 heteroatoms. The largest absolute Gasteiger partial charge is 0.451 e. The third-order valence-corrected chi connectivity index (χ3v) is 4.76. The van der Waals surface area contributed by atoms with Gasteiger partial charge in [-0.05, 0) is 18.6 Å². The summed E-state index contributed by atoms with van der Waals surface area (Å²) in [5.74, 6) is -1.05. The maximum atomic E-state index is 12.2. The first-order chi connectivity index (χ1) is 14.0. The summed E-state index contributed by atoms with van der Waals surface area (Å²) in [7, 11) is 0. The summed E-state index contributed by atoms with van der Waals surface area (Å²) < 4.78 is 4.98. The number of rotatable bonds is 6.